The summed E-state index contributed by atoms with van der Waals surface area (Å²) in [4.78, 5) is 4.52. The molecule has 3 aromatic rings. The molecule has 0 atom stereocenters. The highest BCUT2D eigenvalue weighted by Gasteiger charge is 2.20. The van der Waals surface area contributed by atoms with Crippen molar-refractivity contribution in [3.8, 4) is 22.8 Å². The quantitative estimate of drug-likeness (QED) is 0.737. The summed E-state index contributed by atoms with van der Waals surface area (Å²) in [5, 5.41) is 4.51. The zero-order valence-electron chi connectivity index (χ0n) is 12.3. The first-order valence-electron chi connectivity index (χ1n) is 7.22. The maximum Gasteiger partial charge on any atom is 0.264 e. The minimum Gasteiger partial charge on any atom is -0.454 e. The van der Waals surface area contributed by atoms with Crippen LogP contribution in [0.4, 0.5) is 8.78 Å². The average Bonchev–Trinajstić information content (AvgIpc) is 3.19. The molecule has 0 bridgehead atoms. The van der Waals surface area contributed by atoms with Crippen LogP contribution in [-0.2, 0) is 6.54 Å². The molecule has 0 saturated heterocycles. The number of aromatic nitrogens is 3. The monoisotopic (exact) mass is 317 g/mol. The van der Waals surface area contributed by atoms with Crippen LogP contribution in [0.3, 0.4) is 0 Å². The van der Waals surface area contributed by atoms with Crippen molar-refractivity contribution in [2.75, 3.05) is 6.79 Å². The maximum atomic E-state index is 13.4. The van der Waals surface area contributed by atoms with Crippen molar-refractivity contribution in [2.24, 2.45) is 0 Å². The van der Waals surface area contributed by atoms with E-state index in [9.17, 15) is 8.78 Å². The lowest BCUT2D eigenvalue weighted by molar-refractivity contribution is 0.153. The van der Waals surface area contributed by atoms with Crippen molar-refractivity contribution in [3.05, 3.63) is 36.0 Å². The van der Waals surface area contributed by atoms with E-state index >= 15 is 0 Å². The average molecular weight is 317 g/mol. The standard InChI is InChI=1S/C16H13F2N3O2/c1-2-21-16-11(7-19-21)10(15(17)18)6-12(20-16)9-3-4-13-14(5-9)23-8-22-13/h3-7,15H,2,8H2,1H3. The number of nitrogens with zero attached hydrogens (tertiary/aromatic N) is 3. The molecule has 0 N–H and O–H groups in total. The van der Waals surface area contributed by atoms with E-state index in [4.69, 9.17) is 9.47 Å². The second kappa shape index (κ2) is 5.19. The number of rotatable bonds is 3. The number of halogens is 2. The van der Waals surface area contributed by atoms with Gasteiger partial charge in [0.15, 0.2) is 17.1 Å². The lowest BCUT2D eigenvalue weighted by atomic mass is 10.1. The molecule has 0 saturated carbocycles. The largest absolute Gasteiger partial charge is 0.454 e. The fourth-order valence-corrected chi connectivity index (χ4v) is 2.69. The highest BCUT2D eigenvalue weighted by atomic mass is 19.3. The lowest BCUT2D eigenvalue weighted by Crippen LogP contribution is -1.99. The van der Waals surface area contributed by atoms with Crippen molar-refractivity contribution >= 4 is 11.0 Å². The summed E-state index contributed by atoms with van der Waals surface area (Å²) < 4.78 is 39.0. The topological polar surface area (TPSA) is 49.2 Å². The minimum atomic E-state index is -2.59. The molecule has 3 heterocycles. The van der Waals surface area contributed by atoms with Crippen molar-refractivity contribution < 1.29 is 18.3 Å². The van der Waals surface area contributed by atoms with Gasteiger partial charge in [0.1, 0.15) is 0 Å². The Labute approximate surface area is 130 Å². The highest BCUT2D eigenvalue weighted by Crippen LogP contribution is 2.37. The zero-order valence-corrected chi connectivity index (χ0v) is 12.3. The fraction of sp³-hybridized carbons (Fsp3) is 0.250. The molecule has 1 aromatic carbocycles. The second-order valence-electron chi connectivity index (χ2n) is 5.16. The van der Waals surface area contributed by atoms with Gasteiger partial charge in [0, 0.05) is 23.1 Å². The van der Waals surface area contributed by atoms with Crippen LogP contribution in [-0.4, -0.2) is 21.6 Å². The molecule has 2 aromatic heterocycles. The van der Waals surface area contributed by atoms with Crippen LogP contribution in [0, 0.1) is 0 Å². The lowest BCUT2D eigenvalue weighted by Gasteiger charge is -2.08. The third kappa shape index (κ3) is 2.19. The van der Waals surface area contributed by atoms with E-state index in [1.807, 2.05) is 6.92 Å². The van der Waals surface area contributed by atoms with E-state index in [-0.39, 0.29) is 12.4 Å². The first kappa shape index (κ1) is 13.9. The van der Waals surface area contributed by atoms with Crippen LogP contribution >= 0.6 is 0 Å². The van der Waals surface area contributed by atoms with Crippen molar-refractivity contribution in [1.29, 1.82) is 0 Å². The molecule has 5 nitrogen and oxygen atoms in total. The third-order valence-electron chi connectivity index (χ3n) is 3.84. The van der Waals surface area contributed by atoms with Gasteiger partial charge in [0.25, 0.3) is 6.43 Å². The third-order valence-corrected chi connectivity index (χ3v) is 3.84. The van der Waals surface area contributed by atoms with Crippen LogP contribution in [0.15, 0.2) is 30.5 Å². The Bertz CT molecular complexity index is 892. The molecule has 0 aliphatic carbocycles. The molecule has 118 valence electrons. The number of hydrogen-bond acceptors (Lipinski definition) is 4. The van der Waals surface area contributed by atoms with E-state index in [2.05, 4.69) is 10.1 Å². The van der Waals surface area contributed by atoms with Gasteiger partial charge in [0.05, 0.1) is 11.9 Å². The molecular formula is C16H13F2N3O2. The molecule has 1 aliphatic rings. The van der Waals surface area contributed by atoms with Crippen molar-refractivity contribution in [2.45, 2.75) is 19.9 Å². The Kier molecular flexibility index (Phi) is 3.14. The molecule has 4 rings (SSSR count). The number of pyridine rings is 1. The van der Waals surface area contributed by atoms with E-state index in [1.165, 1.54) is 12.3 Å². The molecule has 1 aliphatic heterocycles. The number of hydrogen-bond donors (Lipinski definition) is 0. The highest BCUT2D eigenvalue weighted by molar-refractivity contribution is 5.83. The Morgan fingerprint density at radius 2 is 2.04 bits per heavy atom. The maximum absolute atomic E-state index is 13.4. The number of fused-ring (bicyclic) bond motifs is 2. The predicted molar refractivity (Wildman–Crippen MR) is 79.7 cm³/mol. The van der Waals surface area contributed by atoms with Gasteiger partial charge in [-0.05, 0) is 31.2 Å². The molecule has 0 amide bonds. The number of alkyl halides is 2. The summed E-state index contributed by atoms with van der Waals surface area (Å²) >= 11 is 0. The zero-order chi connectivity index (χ0) is 16.0. The summed E-state index contributed by atoms with van der Waals surface area (Å²) in [5.41, 5.74) is 1.54. The Balaban J connectivity index is 1.92. The number of aryl methyl sites for hydroxylation is 1. The van der Waals surface area contributed by atoms with Gasteiger partial charge in [0.2, 0.25) is 6.79 Å². The minimum absolute atomic E-state index is 0.0673. The van der Waals surface area contributed by atoms with Gasteiger partial charge in [-0.2, -0.15) is 5.10 Å². The Hall–Kier alpha value is -2.70. The number of ether oxygens (including phenoxy) is 2. The van der Waals surface area contributed by atoms with E-state index < -0.39 is 6.43 Å². The van der Waals surface area contributed by atoms with Gasteiger partial charge < -0.3 is 9.47 Å². The van der Waals surface area contributed by atoms with Gasteiger partial charge in [-0.15, -0.1) is 0 Å². The van der Waals surface area contributed by atoms with E-state index in [0.29, 0.717) is 40.3 Å². The molecule has 0 unspecified atom stereocenters. The smallest absolute Gasteiger partial charge is 0.264 e. The van der Waals surface area contributed by atoms with Gasteiger partial charge >= 0.3 is 0 Å². The predicted octanol–water partition coefficient (Wildman–Crippen LogP) is 3.78. The summed E-state index contributed by atoms with van der Waals surface area (Å²) in [7, 11) is 0. The summed E-state index contributed by atoms with van der Waals surface area (Å²) in [6, 6.07) is 6.69. The van der Waals surface area contributed by atoms with Crippen LogP contribution in [0.2, 0.25) is 0 Å². The van der Waals surface area contributed by atoms with E-state index in [0.717, 1.165) is 0 Å². The van der Waals surface area contributed by atoms with Crippen LogP contribution in [0.5, 0.6) is 11.5 Å². The fourth-order valence-electron chi connectivity index (χ4n) is 2.69. The summed E-state index contributed by atoms with van der Waals surface area (Å²) in [6.45, 7) is 2.61. The molecular weight excluding hydrogens is 304 g/mol. The van der Waals surface area contributed by atoms with Crippen molar-refractivity contribution in [1.82, 2.24) is 14.8 Å². The molecule has 0 radical (unpaired) electrons. The number of benzene rings is 1. The van der Waals surface area contributed by atoms with Gasteiger partial charge in [-0.3, -0.25) is 0 Å². The first-order chi connectivity index (χ1) is 11.2. The second-order valence-corrected chi connectivity index (χ2v) is 5.16. The van der Waals surface area contributed by atoms with Crippen LogP contribution in [0.1, 0.15) is 18.9 Å². The normalized spacial score (nSPS) is 13.2. The Morgan fingerprint density at radius 3 is 2.83 bits per heavy atom. The molecule has 23 heavy (non-hydrogen) atoms. The van der Waals surface area contributed by atoms with Gasteiger partial charge in [-0.25, -0.2) is 18.4 Å². The first-order valence-corrected chi connectivity index (χ1v) is 7.22. The SMILES string of the molecule is CCn1ncc2c(C(F)F)cc(-c3ccc4c(c3)OCO4)nc21. The van der Waals surface area contributed by atoms with Gasteiger partial charge in [-0.1, -0.05) is 0 Å². The molecule has 0 spiro atoms. The van der Waals surface area contributed by atoms with E-state index in [1.54, 1.807) is 22.9 Å². The molecule has 7 heteroatoms. The summed E-state index contributed by atoms with van der Waals surface area (Å²) in [5.74, 6) is 1.23. The Morgan fingerprint density at radius 1 is 1.22 bits per heavy atom. The van der Waals surface area contributed by atoms with Crippen LogP contribution in [0.25, 0.3) is 22.3 Å². The van der Waals surface area contributed by atoms with Crippen molar-refractivity contribution in [3.63, 3.8) is 0 Å². The summed E-state index contributed by atoms with van der Waals surface area (Å²) in [6.07, 6.45) is -1.15. The van der Waals surface area contributed by atoms with Crippen LogP contribution < -0.4 is 9.47 Å². The molecule has 0 fully saturated rings.